The third kappa shape index (κ3) is 4.87. The minimum absolute atomic E-state index is 0.160. The van der Waals surface area contributed by atoms with Crippen LogP contribution in [0.15, 0.2) is 89.7 Å². The molecule has 7 heteroatoms. The molecule has 1 aromatic heterocycles. The Balaban J connectivity index is 1.89. The molecule has 0 saturated carbocycles. The van der Waals surface area contributed by atoms with E-state index in [2.05, 4.69) is 5.32 Å². The van der Waals surface area contributed by atoms with Crippen molar-refractivity contribution in [3.8, 4) is 11.8 Å². The average Bonchev–Trinajstić information content (AvgIpc) is 3.17. The van der Waals surface area contributed by atoms with E-state index in [9.17, 15) is 19.2 Å². The van der Waals surface area contributed by atoms with Crippen LogP contribution in [-0.2, 0) is 4.79 Å². The molecule has 0 saturated heterocycles. The van der Waals surface area contributed by atoms with Crippen LogP contribution in [-0.4, -0.2) is 10.5 Å². The number of halogens is 1. The van der Waals surface area contributed by atoms with Gasteiger partial charge in [0.2, 0.25) is 0 Å². The van der Waals surface area contributed by atoms with Crippen LogP contribution in [0.5, 0.6) is 0 Å². The lowest BCUT2D eigenvalue weighted by Gasteiger charge is -2.13. The second-order valence-electron chi connectivity index (χ2n) is 7.54. The highest BCUT2D eigenvalue weighted by atomic mass is 32.1. The minimum Gasteiger partial charge on any atom is -0.345 e. The van der Waals surface area contributed by atoms with Gasteiger partial charge in [-0.25, -0.2) is 4.39 Å². The fourth-order valence-electron chi connectivity index (χ4n) is 3.46. The molecule has 1 heterocycles. The van der Waals surface area contributed by atoms with Crippen molar-refractivity contribution in [3.63, 3.8) is 0 Å². The Labute approximate surface area is 199 Å². The Kier molecular flexibility index (Phi) is 6.81. The number of nitrogens with zero attached hydrogens (tertiary/aromatic N) is 2. The predicted molar refractivity (Wildman–Crippen MR) is 131 cm³/mol. The van der Waals surface area contributed by atoms with Crippen LogP contribution in [0, 0.1) is 17.1 Å². The summed E-state index contributed by atoms with van der Waals surface area (Å²) in [7, 11) is 0. The summed E-state index contributed by atoms with van der Waals surface area (Å²) in [6, 6.07) is 25.6. The first-order valence-electron chi connectivity index (χ1n) is 10.5. The smallest absolute Gasteiger partial charge is 0.273 e. The molecular formula is C27H20FN3O2S. The number of nitriles is 1. The van der Waals surface area contributed by atoms with Crippen molar-refractivity contribution in [1.82, 2.24) is 9.88 Å². The van der Waals surface area contributed by atoms with Crippen molar-refractivity contribution >= 4 is 28.9 Å². The van der Waals surface area contributed by atoms with Crippen LogP contribution >= 0.6 is 11.3 Å². The SMILES string of the molecule is CC(NC(=O)C(C#N)=c1sc(=Cc2ccc(F)cc2)c(=O)n1-c1ccccc1)c1ccccc1. The number of nitrogens with one attached hydrogen (secondary N) is 1. The average molecular weight is 470 g/mol. The van der Waals surface area contributed by atoms with Crippen molar-refractivity contribution in [2.24, 2.45) is 0 Å². The monoisotopic (exact) mass is 469 g/mol. The van der Waals surface area contributed by atoms with Crippen molar-refractivity contribution in [3.05, 3.63) is 121 Å². The maximum atomic E-state index is 13.4. The van der Waals surface area contributed by atoms with Crippen molar-refractivity contribution in [2.45, 2.75) is 13.0 Å². The first-order valence-corrected chi connectivity index (χ1v) is 11.3. The molecule has 0 aliphatic heterocycles. The number of hydrogen-bond donors (Lipinski definition) is 1. The van der Waals surface area contributed by atoms with Gasteiger partial charge in [0.25, 0.3) is 11.5 Å². The number of para-hydroxylation sites is 1. The lowest BCUT2D eigenvalue weighted by molar-refractivity contribution is -0.116. The number of thiazole rings is 1. The highest BCUT2D eigenvalue weighted by molar-refractivity contribution is 7.07. The van der Waals surface area contributed by atoms with Crippen LogP contribution in [0.2, 0.25) is 0 Å². The van der Waals surface area contributed by atoms with E-state index in [1.807, 2.05) is 49.4 Å². The Bertz CT molecular complexity index is 1530. The van der Waals surface area contributed by atoms with Crippen LogP contribution < -0.4 is 20.1 Å². The summed E-state index contributed by atoms with van der Waals surface area (Å²) in [4.78, 5) is 26.5. The molecule has 4 rings (SSSR count). The van der Waals surface area contributed by atoms with Crippen molar-refractivity contribution < 1.29 is 9.18 Å². The molecule has 5 nitrogen and oxygen atoms in total. The number of carbonyl (C=O) groups excluding carboxylic acids is 1. The van der Waals surface area contributed by atoms with Gasteiger partial charge in [-0.3, -0.25) is 14.2 Å². The number of amides is 1. The highest BCUT2D eigenvalue weighted by Gasteiger charge is 2.19. The fourth-order valence-corrected chi connectivity index (χ4v) is 4.56. The number of rotatable bonds is 5. The third-order valence-corrected chi connectivity index (χ3v) is 6.30. The molecular weight excluding hydrogens is 449 g/mol. The third-order valence-electron chi connectivity index (χ3n) is 5.21. The zero-order valence-electron chi connectivity index (χ0n) is 18.2. The van der Waals surface area contributed by atoms with Crippen molar-refractivity contribution in [2.75, 3.05) is 0 Å². The molecule has 1 unspecified atom stereocenters. The number of benzene rings is 3. The van der Waals surface area contributed by atoms with E-state index < -0.39 is 5.91 Å². The van der Waals surface area contributed by atoms with Gasteiger partial charge < -0.3 is 5.32 Å². The van der Waals surface area contributed by atoms with Crippen LogP contribution in [0.1, 0.15) is 24.1 Å². The minimum atomic E-state index is -0.571. The molecule has 0 spiro atoms. The van der Waals surface area contributed by atoms with Crippen LogP contribution in [0.3, 0.4) is 0 Å². The molecule has 34 heavy (non-hydrogen) atoms. The number of aromatic nitrogens is 1. The van der Waals surface area contributed by atoms with Crippen LogP contribution in [0.4, 0.5) is 4.39 Å². The summed E-state index contributed by atoms with van der Waals surface area (Å²) < 4.78 is 15.2. The normalized spacial score (nSPS) is 13.1. The summed E-state index contributed by atoms with van der Waals surface area (Å²) in [6.07, 6.45) is 1.62. The maximum absolute atomic E-state index is 13.4. The zero-order chi connectivity index (χ0) is 24.1. The molecule has 168 valence electrons. The second-order valence-corrected chi connectivity index (χ2v) is 8.57. The Morgan fingerprint density at radius 2 is 1.65 bits per heavy atom. The first-order chi connectivity index (χ1) is 16.5. The summed E-state index contributed by atoms with van der Waals surface area (Å²) in [5.74, 6) is -0.951. The van der Waals surface area contributed by atoms with Gasteiger partial charge in [0.1, 0.15) is 16.5 Å². The van der Waals surface area contributed by atoms with Gasteiger partial charge in [0.05, 0.1) is 16.3 Å². The molecule has 0 aliphatic rings. The quantitative estimate of drug-likeness (QED) is 0.487. The van der Waals surface area contributed by atoms with Gasteiger partial charge in [0.15, 0.2) is 5.57 Å². The maximum Gasteiger partial charge on any atom is 0.273 e. The summed E-state index contributed by atoms with van der Waals surface area (Å²) in [5.41, 5.74) is 1.53. The molecule has 3 aromatic carbocycles. The topological polar surface area (TPSA) is 74.9 Å². The lowest BCUT2D eigenvalue weighted by Crippen LogP contribution is -2.34. The van der Waals surface area contributed by atoms with Crippen LogP contribution in [0.25, 0.3) is 17.3 Å². The molecule has 0 bridgehead atoms. The van der Waals surface area contributed by atoms with Gasteiger partial charge in [-0.2, -0.15) is 5.26 Å². The molecule has 1 amide bonds. The van der Waals surface area contributed by atoms with E-state index in [0.29, 0.717) is 15.8 Å². The molecule has 0 fully saturated rings. The van der Waals surface area contributed by atoms with E-state index in [-0.39, 0.29) is 27.7 Å². The van der Waals surface area contributed by atoms with E-state index in [1.165, 1.54) is 16.7 Å². The summed E-state index contributed by atoms with van der Waals surface area (Å²) >= 11 is 1.04. The van der Waals surface area contributed by atoms with E-state index in [4.69, 9.17) is 0 Å². The molecule has 1 N–H and O–H groups in total. The molecule has 0 radical (unpaired) electrons. The summed E-state index contributed by atoms with van der Waals surface area (Å²) in [6.45, 7) is 1.83. The standard InChI is InChI=1S/C27H20FN3O2S/c1-18(20-8-4-2-5-9-20)30-25(32)23(17-29)27-31(22-10-6-3-7-11-22)26(33)24(34-27)16-19-12-14-21(28)15-13-19/h2-16,18H,1H3,(H,30,32). The number of carbonyl (C=O) groups is 1. The largest absolute Gasteiger partial charge is 0.345 e. The molecule has 1 atom stereocenters. The van der Waals surface area contributed by atoms with E-state index >= 15 is 0 Å². The van der Waals surface area contributed by atoms with Crippen molar-refractivity contribution in [1.29, 1.82) is 5.26 Å². The van der Waals surface area contributed by atoms with E-state index in [0.717, 1.165) is 16.9 Å². The molecule has 0 aliphatic carbocycles. The lowest BCUT2D eigenvalue weighted by atomic mass is 10.1. The van der Waals surface area contributed by atoms with Gasteiger partial charge in [-0.05, 0) is 48.4 Å². The summed E-state index contributed by atoms with van der Waals surface area (Å²) in [5, 5.41) is 12.8. The van der Waals surface area contributed by atoms with Gasteiger partial charge in [0, 0.05) is 0 Å². The fraction of sp³-hybridized carbons (Fsp3) is 0.0741. The first kappa shape index (κ1) is 22.9. The Morgan fingerprint density at radius 1 is 1.03 bits per heavy atom. The van der Waals surface area contributed by atoms with Gasteiger partial charge >= 0.3 is 0 Å². The number of hydrogen-bond acceptors (Lipinski definition) is 4. The predicted octanol–water partition coefficient (Wildman–Crippen LogP) is 3.42. The van der Waals surface area contributed by atoms with Gasteiger partial charge in [-0.15, -0.1) is 11.3 Å². The Hall–Kier alpha value is -4.28. The van der Waals surface area contributed by atoms with E-state index in [1.54, 1.807) is 42.5 Å². The highest BCUT2D eigenvalue weighted by Crippen LogP contribution is 2.12. The van der Waals surface area contributed by atoms with Gasteiger partial charge in [-0.1, -0.05) is 60.7 Å². The zero-order valence-corrected chi connectivity index (χ0v) is 19.1. The molecule has 4 aromatic rings. The second kappa shape index (κ2) is 10.1. The Morgan fingerprint density at radius 3 is 2.26 bits per heavy atom.